The summed E-state index contributed by atoms with van der Waals surface area (Å²) in [6.45, 7) is 5.46. The molecule has 0 bridgehead atoms. The average Bonchev–Trinajstić information content (AvgIpc) is 2.25. The molecule has 4 nitrogen and oxygen atoms in total. The van der Waals surface area contributed by atoms with Crippen LogP contribution in [-0.4, -0.2) is 46.5 Å². The third-order valence-corrected chi connectivity index (χ3v) is 3.22. The highest BCUT2D eigenvalue weighted by molar-refractivity contribution is 9.09. The lowest BCUT2D eigenvalue weighted by Gasteiger charge is -2.36. The maximum absolute atomic E-state index is 14.4. The van der Waals surface area contributed by atoms with Crippen molar-refractivity contribution >= 4 is 27.8 Å². The van der Waals surface area contributed by atoms with Crippen molar-refractivity contribution in [2.45, 2.75) is 44.9 Å². The smallest absolute Gasteiger partial charge is 0.410 e. The highest BCUT2D eigenvalue weighted by atomic mass is 79.9. The number of carbonyl (C=O) groups excluding carboxylic acids is 2. The number of likely N-dealkylation sites (tertiary alicyclic amines) is 1. The minimum atomic E-state index is -1.95. The number of ether oxygens (including phenoxy) is 1. The van der Waals surface area contributed by atoms with Crippen LogP contribution in [0.3, 0.4) is 0 Å². The molecule has 1 heterocycles. The minimum absolute atomic E-state index is 0.0361. The second-order valence-electron chi connectivity index (χ2n) is 5.53. The number of carbonyl (C=O) groups is 2. The van der Waals surface area contributed by atoms with Gasteiger partial charge in [-0.25, -0.2) is 9.18 Å². The van der Waals surface area contributed by atoms with Crippen molar-refractivity contribution in [2.75, 3.05) is 18.4 Å². The first-order valence-corrected chi connectivity index (χ1v) is 7.06. The Balaban J connectivity index is 2.69. The van der Waals surface area contributed by atoms with E-state index in [9.17, 15) is 14.0 Å². The molecule has 0 saturated carbocycles. The molecule has 0 aromatic rings. The van der Waals surface area contributed by atoms with Crippen LogP contribution in [0, 0.1) is 0 Å². The predicted molar refractivity (Wildman–Crippen MR) is 69.7 cm³/mol. The molecule has 104 valence electrons. The molecule has 1 amide bonds. The lowest BCUT2D eigenvalue weighted by molar-refractivity contribution is -0.131. The van der Waals surface area contributed by atoms with E-state index >= 15 is 0 Å². The molecular formula is C12H19BrFNO3. The Morgan fingerprint density at radius 1 is 1.44 bits per heavy atom. The summed E-state index contributed by atoms with van der Waals surface area (Å²) in [5.74, 6) is -0.518. The highest BCUT2D eigenvalue weighted by Gasteiger charge is 2.43. The fourth-order valence-electron chi connectivity index (χ4n) is 1.84. The SMILES string of the molecule is CC(C)(C)OC(=O)N1CCC[C@](F)(C(=O)CBr)C1. The molecule has 1 saturated heterocycles. The van der Waals surface area contributed by atoms with E-state index in [1.807, 2.05) is 0 Å². The molecule has 0 aliphatic carbocycles. The molecule has 1 atom stereocenters. The van der Waals surface area contributed by atoms with Gasteiger partial charge in [-0.05, 0) is 33.6 Å². The highest BCUT2D eigenvalue weighted by Crippen LogP contribution is 2.28. The van der Waals surface area contributed by atoms with E-state index < -0.39 is 23.1 Å². The summed E-state index contributed by atoms with van der Waals surface area (Å²) in [6.07, 6.45) is 0.0668. The third kappa shape index (κ3) is 3.93. The van der Waals surface area contributed by atoms with Crippen molar-refractivity contribution < 1.29 is 18.7 Å². The number of Topliss-reactive ketones (excluding diaryl/α,β-unsaturated/α-hetero) is 1. The largest absolute Gasteiger partial charge is 0.444 e. The number of ketones is 1. The zero-order chi connectivity index (χ0) is 14.0. The number of piperidine rings is 1. The van der Waals surface area contributed by atoms with Gasteiger partial charge in [-0.3, -0.25) is 4.79 Å². The number of rotatable bonds is 2. The van der Waals surface area contributed by atoms with Crippen LogP contribution in [0.1, 0.15) is 33.6 Å². The Morgan fingerprint density at radius 2 is 2.06 bits per heavy atom. The van der Waals surface area contributed by atoms with E-state index in [4.69, 9.17) is 4.74 Å². The Hall–Kier alpha value is -0.650. The van der Waals surface area contributed by atoms with Gasteiger partial charge in [-0.1, -0.05) is 15.9 Å². The number of amides is 1. The van der Waals surface area contributed by atoms with Gasteiger partial charge in [-0.15, -0.1) is 0 Å². The second kappa shape index (κ2) is 5.55. The van der Waals surface area contributed by atoms with Crippen LogP contribution in [0.25, 0.3) is 0 Å². The third-order valence-electron chi connectivity index (χ3n) is 2.72. The van der Waals surface area contributed by atoms with Gasteiger partial charge in [0.05, 0.1) is 11.9 Å². The number of hydrogen-bond donors (Lipinski definition) is 0. The van der Waals surface area contributed by atoms with E-state index in [0.29, 0.717) is 13.0 Å². The predicted octanol–water partition coefficient (Wildman–Crippen LogP) is 2.69. The number of alkyl halides is 2. The van der Waals surface area contributed by atoms with Gasteiger partial charge in [0.25, 0.3) is 0 Å². The monoisotopic (exact) mass is 323 g/mol. The lowest BCUT2D eigenvalue weighted by Crippen LogP contribution is -2.53. The quantitative estimate of drug-likeness (QED) is 0.734. The van der Waals surface area contributed by atoms with E-state index in [0.717, 1.165) is 0 Å². The summed E-state index contributed by atoms with van der Waals surface area (Å²) in [5, 5.41) is -0.0361. The van der Waals surface area contributed by atoms with Crippen molar-refractivity contribution in [2.24, 2.45) is 0 Å². The van der Waals surface area contributed by atoms with Gasteiger partial charge in [0.1, 0.15) is 5.60 Å². The van der Waals surface area contributed by atoms with Crippen LogP contribution < -0.4 is 0 Å². The van der Waals surface area contributed by atoms with Crippen LogP contribution in [-0.2, 0) is 9.53 Å². The van der Waals surface area contributed by atoms with Crippen LogP contribution in [0.4, 0.5) is 9.18 Å². The average molecular weight is 324 g/mol. The first kappa shape index (κ1) is 15.4. The summed E-state index contributed by atoms with van der Waals surface area (Å²) >= 11 is 2.97. The van der Waals surface area contributed by atoms with E-state index in [1.54, 1.807) is 20.8 Å². The summed E-state index contributed by atoms with van der Waals surface area (Å²) in [4.78, 5) is 24.6. The summed E-state index contributed by atoms with van der Waals surface area (Å²) in [6, 6.07) is 0. The van der Waals surface area contributed by atoms with E-state index in [1.165, 1.54) is 4.90 Å². The zero-order valence-corrected chi connectivity index (χ0v) is 12.5. The van der Waals surface area contributed by atoms with Crippen LogP contribution in [0.5, 0.6) is 0 Å². The van der Waals surface area contributed by atoms with Crippen molar-refractivity contribution in [3.05, 3.63) is 0 Å². The van der Waals surface area contributed by atoms with Crippen molar-refractivity contribution in [3.8, 4) is 0 Å². The Labute approximate surface area is 115 Å². The standard InChI is InChI=1S/C12H19BrFNO3/c1-11(2,3)18-10(17)15-6-4-5-12(14,8-15)9(16)7-13/h4-8H2,1-3H3/t12-/m1/s1. The molecule has 0 unspecified atom stereocenters. The van der Waals surface area contributed by atoms with E-state index in [-0.39, 0.29) is 18.3 Å². The maximum atomic E-state index is 14.4. The first-order chi connectivity index (χ1) is 8.18. The molecule has 18 heavy (non-hydrogen) atoms. The summed E-state index contributed by atoms with van der Waals surface area (Å²) < 4.78 is 19.6. The molecule has 1 aliphatic rings. The number of nitrogens with zero attached hydrogens (tertiary/aromatic N) is 1. The normalized spacial score (nSPS) is 24.8. The Bertz CT molecular complexity index is 343. The van der Waals surface area contributed by atoms with E-state index in [2.05, 4.69) is 15.9 Å². The van der Waals surface area contributed by atoms with Gasteiger partial charge in [-0.2, -0.15) is 0 Å². The lowest BCUT2D eigenvalue weighted by atomic mass is 9.91. The summed E-state index contributed by atoms with van der Waals surface area (Å²) in [5.41, 5.74) is -2.56. The minimum Gasteiger partial charge on any atom is -0.444 e. The molecule has 0 aromatic heterocycles. The Kier molecular flexibility index (Phi) is 4.75. The molecule has 6 heteroatoms. The number of hydrogen-bond acceptors (Lipinski definition) is 3. The van der Waals surface area contributed by atoms with Crippen molar-refractivity contribution in [1.82, 2.24) is 4.90 Å². The molecule has 1 fully saturated rings. The van der Waals surface area contributed by atoms with Crippen molar-refractivity contribution in [3.63, 3.8) is 0 Å². The maximum Gasteiger partial charge on any atom is 0.410 e. The molecule has 0 spiro atoms. The molecule has 1 rings (SSSR count). The topological polar surface area (TPSA) is 46.6 Å². The van der Waals surface area contributed by atoms with Gasteiger partial charge in [0, 0.05) is 6.54 Å². The molecule has 0 radical (unpaired) electrons. The van der Waals surface area contributed by atoms with Gasteiger partial charge in [0.2, 0.25) is 0 Å². The summed E-state index contributed by atoms with van der Waals surface area (Å²) in [7, 11) is 0. The molecule has 0 aromatic carbocycles. The number of halogens is 2. The van der Waals surface area contributed by atoms with Gasteiger partial charge >= 0.3 is 6.09 Å². The zero-order valence-electron chi connectivity index (χ0n) is 11.0. The van der Waals surface area contributed by atoms with Crippen molar-refractivity contribution in [1.29, 1.82) is 0 Å². The van der Waals surface area contributed by atoms with Crippen LogP contribution in [0.2, 0.25) is 0 Å². The molecule has 1 aliphatic heterocycles. The second-order valence-corrected chi connectivity index (χ2v) is 6.09. The molecular weight excluding hydrogens is 305 g/mol. The van der Waals surface area contributed by atoms with Gasteiger partial charge in [0.15, 0.2) is 11.5 Å². The first-order valence-electron chi connectivity index (χ1n) is 5.94. The fourth-order valence-corrected chi connectivity index (χ4v) is 2.34. The molecule has 0 N–H and O–H groups in total. The Morgan fingerprint density at radius 3 is 2.56 bits per heavy atom. The van der Waals surface area contributed by atoms with Gasteiger partial charge < -0.3 is 9.64 Å². The van der Waals surface area contributed by atoms with Crippen LogP contribution >= 0.6 is 15.9 Å². The fraction of sp³-hybridized carbons (Fsp3) is 0.833. The van der Waals surface area contributed by atoms with Crippen LogP contribution in [0.15, 0.2) is 0 Å².